The lowest BCUT2D eigenvalue weighted by Gasteiger charge is -2.34. The number of ether oxygens (including phenoxy) is 1. The molecule has 14 heteroatoms. The summed E-state index contributed by atoms with van der Waals surface area (Å²) < 4.78 is 34.1. The Labute approximate surface area is 287 Å². The molecular formula is C34H48N6O6S2. The van der Waals surface area contributed by atoms with Gasteiger partial charge in [-0.15, -0.1) is 11.3 Å². The van der Waals surface area contributed by atoms with Crippen LogP contribution in [0.15, 0.2) is 64.9 Å². The van der Waals surface area contributed by atoms with E-state index < -0.39 is 34.1 Å². The van der Waals surface area contributed by atoms with Crippen molar-refractivity contribution in [1.29, 1.82) is 0 Å². The summed E-state index contributed by atoms with van der Waals surface area (Å²) in [7, 11) is -2.49. The predicted molar refractivity (Wildman–Crippen MR) is 186 cm³/mol. The van der Waals surface area contributed by atoms with Gasteiger partial charge < -0.3 is 30.7 Å². The van der Waals surface area contributed by atoms with Gasteiger partial charge in [0.05, 0.1) is 36.4 Å². The van der Waals surface area contributed by atoms with Gasteiger partial charge in [0.2, 0.25) is 15.9 Å². The first kappa shape index (κ1) is 37.3. The highest BCUT2D eigenvalue weighted by molar-refractivity contribution is 7.89. The molecule has 1 fully saturated rings. The first-order chi connectivity index (χ1) is 22.8. The van der Waals surface area contributed by atoms with Crippen molar-refractivity contribution in [1.82, 2.24) is 24.4 Å². The van der Waals surface area contributed by atoms with Gasteiger partial charge in [-0.3, -0.25) is 4.79 Å². The van der Waals surface area contributed by atoms with Crippen LogP contribution < -0.4 is 15.8 Å². The van der Waals surface area contributed by atoms with E-state index in [0.29, 0.717) is 31.9 Å². The molecule has 48 heavy (non-hydrogen) atoms. The van der Waals surface area contributed by atoms with Gasteiger partial charge in [-0.05, 0) is 48.1 Å². The molecule has 4 rings (SSSR count). The second-order valence-electron chi connectivity index (χ2n) is 12.8. The molecule has 4 N–H and O–H groups in total. The molecule has 0 bridgehead atoms. The number of sulfonamides is 1. The van der Waals surface area contributed by atoms with Crippen LogP contribution in [-0.2, 0) is 34.3 Å². The van der Waals surface area contributed by atoms with Crippen molar-refractivity contribution in [2.24, 2.45) is 17.6 Å². The number of thiazole rings is 1. The second kappa shape index (κ2) is 16.7. The van der Waals surface area contributed by atoms with Gasteiger partial charge in [-0.25, -0.2) is 18.2 Å². The summed E-state index contributed by atoms with van der Waals surface area (Å²) in [6, 6.07) is 13.6. The van der Waals surface area contributed by atoms with Crippen LogP contribution in [0.3, 0.4) is 0 Å². The van der Waals surface area contributed by atoms with Crippen molar-refractivity contribution >= 4 is 33.3 Å². The number of amides is 3. The monoisotopic (exact) mass is 700 g/mol. The standard InChI is InChI=1S/C34H48N6O6S2/c1-23(2)19-39(48(44,45)28-13-11-27(46-5)12-14-28)21-30(41)29(17-25-9-7-6-8-10-25)37-33(42)32(24(3)4)40-16-15-38(34(40)43)20-26-22-47-31(18-35)36-26/h6-14,22-24,29-30,32,41H,15-21,35H2,1-5H3,(H,37,42)/t29-,30-,32-/m0/s1. The molecule has 2 heterocycles. The number of urea groups is 1. The lowest BCUT2D eigenvalue weighted by atomic mass is 9.97. The summed E-state index contributed by atoms with van der Waals surface area (Å²) in [5.74, 6) is -0.154. The number of aliphatic hydroxyl groups is 1. The predicted octanol–water partition coefficient (Wildman–Crippen LogP) is 3.31. The van der Waals surface area contributed by atoms with Crippen molar-refractivity contribution in [3.05, 3.63) is 76.2 Å². The average Bonchev–Trinajstić information content (AvgIpc) is 3.66. The summed E-state index contributed by atoms with van der Waals surface area (Å²) in [6.45, 7) is 8.93. The Hall–Kier alpha value is -3.56. The largest absolute Gasteiger partial charge is 0.497 e. The zero-order chi connectivity index (χ0) is 35.0. The van der Waals surface area contributed by atoms with Crippen molar-refractivity contribution in [3.63, 3.8) is 0 Å². The summed E-state index contributed by atoms with van der Waals surface area (Å²) in [6.07, 6.45) is -1.01. The van der Waals surface area contributed by atoms with Gasteiger partial charge >= 0.3 is 6.03 Å². The highest BCUT2D eigenvalue weighted by atomic mass is 32.2. The summed E-state index contributed by atoms with van der Waals surface area (Å²) in [5, 5.41) is 17.4. The summed E-state index contributed by atoms with van der Waals surface area (Å²) >= 11 is 1.45. The van der Waals surface area contributed by atoms with Crippen LogP contribution in [0.5, 0.6) is 5.75 Å². The normalized spacial score (nSPS) is 15.8. The topological polar surface area (TPSA) is 158 Å². The van der Waals surface area contributed by atoms with E-state index in [4.69, 9.17) is 10.5 Å². The maximum absolute atomic E-state index is 14.1. The minimum atomic E-state index is -4.00. The van der Waals surface area contributed by atoms with E-state index in [1.807, 2.05) is 63.4 Å². The number of nitrogens with two attached hydrogens (primary N) is 1. The molecule has 0 unspecified atom stereocenters. The lowest BCUT2D eigenvalue weighted by molar-refractivity contribution is -0.128. The molecule has 3 atom stereocenters. The van der Waals surface area contributed by atoms with Crippen LogP contribution in [0.4, 0.5) is 4.79 Å². The Bertz CT molecular complexity index is 1600. The van der Waals surface area contributed by atoms with E-state index >= 15 is 0 Å². The average molecular weight is 701 g/mol. The summed E-state index contributed by atoms with van der Waals surface area (Å²) in [5.41, 5.74) is 7.32. The Balaban J connectivity index is 1.56. The molecule has 1 aromatic heterocycles. The van der Waals surface area contributed by atoms with Crippen LogP contribution in [-0.4, -0.2) is 96.0 Å². The molecule has 3 aromatic rings. The second-order valence-corrected chi connectivity index (χ2v) is 15.7. The number of aliphatic hydroxyl groups excluding tert-OH is 1. The number of nitrogens with zero attached hydrogens (tertiary/aromatic N) is 4. The van der Waals surface area contributed by atoms with Crippen LogP contribution >= 0.6 is 11.3 Å². The van der Waals surface area contributed by atoms with Gasteiger partial charge in [-0.1, -0.05) is 58.0 Å². The fourth-order valence-electron chi connectivity index (χ4n) is 5.85. The number of methoxy groups -OCH3 is 1. The van der Waals surface area contributed by atoms with E-state index in [9.17, 15) is 23.1 Å². The van der Waals surface area contributed by atoms with Crippen molar-refractivity contribution in [2.75, 3.05) is 33.3 Å². The number of hydrogen-bond acceptors (Lipinski definition) is 9. The van der Waals surface area contributed by atoms with Crippen molar-refractivity contribution < 1.29 is 27.9 Å². The number of carbonyl (C=O) groups is 2. The number of carbonyl (C=O) groups excluding carboxylic acids is 2. The van der Waals surface area contributed by atoms with E-state index in [-0.39, 0.29) is 42.3 Å². The number of rotatable bonds is 17. The molecule has 0 aliphatic carbocycles. The maximum Gasteiger partial charge on any atom is 0.321 e. The minimum Gasteiger partial charge on any atom is -0.497 e. The van der Waals surface area contributed by atoms with Crippen LogP contribution in [0.2, 0.25) is 0 Å². The molecular weight excluding hydrogens is 653 g/mol. The van der Waals surface area contributed by atoms with E-state index in [1.165, 1.54) is 34.9 Å². The van der Waals surface area contributed by atoms with Gasteiger partial charge in [0.15, 0.2) is 0 Å². The van der Waals surface area contributed by atoms with Gasteiger partial charge in [0.1, 0.15) is 16.8 Å². The molecule has 12 nitrogen and oxygen atoms in total. The highest BCUT2D eigenvalue weighted by Gasteiger charge is 2.40. The zero-order valence-corrected chi connectivity index (χ0v) is 29.9. The molecule has 1 aliphatic heterocycles. The van der Waals surface area contributed by atoms with E-state index in [1.54, 1.807) is 21.9 Å². The SMILES string of the molecule is COc1ccc(S(=O)(=O)N(CC(C)C)C[C@H](O)[C@H](Cc2ccccc2)NC(=O)[C@H](C(C)C)N2CCN(Cc3csc(CN)n3)C2=O)cc1. The molecule has 0 saturated carbocycles. The Morgan fingerprint density at radius 2 is 1.77 bits per heavy atom. The minimum absolute atomic E-state index is 0.0343. The van der Waals surface area contributed by atoms with Gasteiger partial charge in [0.25, 0.3) is 0 Å². The van der Waals surface area contributed by atoms with Crippen LogP contribution in [0.1, 0.15) is 44.0 Å². The number of aromatic nitrogens is 1. The molecule has 1 aliphatic rings. The molecule has 0 radical (unpaired) electrons. The smallest absolute Gasteiger partial charge is 0.321 e. The first-order valence-electron chi connectivity index (χ1n) is 16.2. The molecule has 3 amide bonds. The third-order valence-corrected chi connectivity index (χ3v) is 11.0. The lowest BCUT2D eigenvalue weighted by Crippen LogP contribution is -2.57. The van der Waals surface area contributed by atoms with E-state index in [2.05, 4.69) is 10.3 Å². The molecule has 262 valence electrons. The third-order valence-electron chi connectivity index (χ3n) is 8.24. The Morgan fingerprint density at radius 3 is 2.35 bits per heavy atom. The zero-order valence-electron chi connectivity index (χ0n) is 28.3. The van der Waals surface area contributed by atoms with Gasteiger partial charge in [0, 0.05) is 38.1 Å². The van der Waals surface area contributed by atoms with E-state index in [0.717, 1.165) is 16.3 Å². The van der Waals surface area contributed by atoms with Crippen molar-refractivity contribution in [2.45, 2.75) is 70.3 Å². The van der Waals surface area contributed by atoms with Crippen molar-refractivity contribution in [3.8, 4) is 5.75 Å². The summed E-state index contributed by atoms with van der Waals surface area (Å²) in [4.78, 5) is 35.4. The number of benzene rings is 2. The quantitative estimate of drug-likeness (QED) is 0.194. The van der Waals surface area contributed by atoms with Gasteiger partial charge in [-0.2, -0.15) is 4.31 Å². The fourth-order valence-corrected chi connectivity index (χ4v) is 8.14. The molecule has 1 saturated heterocycles. The third kappa shape index (κ3) is 9.32. The van der Waals surface area contributed by atoms with Crippen LogP contribution in [0.25, 0.3) is 0 Å². The Kier molecular flexibility index (Phi) is 13.0. The highest BCUT2D eigenvalue weighted by Crippen LogP contribution is 2.24. The molecule has 0 spiro atoms. The van der Waals surface area contributed by atoms with Crippen LogP contribution in [0, 0.1) is 11.8 Å². The molecule has 2 aromatic carbocycles. The maximum atomic E-state index is 14.1. The Morgan fingerprint density at radius 1 is 1.08 bits per heavy atom. The number of hydrogen-bond donors (Lipinski definition) is 3. The fraction of sp³-hybridized carbons (Fsp3) is 0.500. The number of nitrogens with one attached hydrogen (secondary N) is 1. The first-order valence-corrected chi connectivity index (χ1v) is 18.5.